The van der Waals surface area contributed by atoms with Crippen molar-refractivity contribution in [3.05, 3.63) is 45.2 Å². The van der Waals surface area contributed by atoms with E-state index in [0.29, 0.717) is 10.7 Å². The predicted molar refractivity (Wildman–Crippen MR) is 116 cm³/mol. The van der Waals surface area contributed by atoms with Crippen LogP contribution in [0.2, 0.25) is 5.02 Å². The number of nitrogens with one attached hydrogen (secondary N) is 3. The third-order valence-corrected chi connectivity index (χ3v) is 5.22. The first kappa shape index (κ1) is 21.3. The zero-order valence-corrected chi connectivity index (χ0v) is 18.1. The summed E-state index contributed by atoms with van der Waals surface area (Å²) in [5.41, 5.74) is 1.19. The van der Waals surface area contributed by atoms with E-state index in [1.807, 2.05) is 13.0 Å². The number of aromatic nitrogens is 2. The monoisotopic (exact) mass is 418 g/mol. The van der Waals surface area contributed by atoms with E-state index < -0.39 is 4.92 Å². The number of hydrogen-bond acceptors (Lipinski definition) is 7. The predicted octanol–water partition coefficient (Wildman–Crippen LogP) is 4.81. The van der Waals surface area contributed by atoms with Crippen molar-refractivity contribution in [2.24, 2.45) is 0 Å². The van der Waals surface area contributed by atoms with Crippen LogP contribution in [-0.4, -0.2) is 32.0 Å². The van der Waals surface area contributed by atoms with Gasteiger partial charge in [-0.2, -0.15) is 0 Å². The van der Waals surface area contributed by atoms with E-state index in [2.05, 4.69) is 53.6 Å². The fraction of sp³-hybridized carbons (Fsp3) is 0.500. The van der Waals surface area contributed by atoms with Crippen LogP contribution in [0, 0.1) is 17.0 Å². The van der Waals surface area contributed by atoms with Crippen molar-refractivity contribution in [3.63, 3.8) is 0 Å². The molecule has 0 radical (unpaired) electrons. The summed E-state index contributed by atoms with van der Waals surface area (Å²) in [6.45, 7) is 10.4. The minimum absolute atomic E-state index is 0.0376. The van der Waals surface area contributed by atoms with Gasteiger partial charge in [0.25, 0.3) is 0 Å². The van der Waals surface area contributed by atoms with Gasteiger partial charge in [-0.3, -0.25) is 10.1 Å². The second-order valence-electron chi connectivity index (χ2n) is 8.90. The fourth-order valence-corrected chi connectivity index (χ4v) is 4.40. The van der Waals surface area contributed by atoms with Crippen LogP contribution in [0.1, 0.15) is 46.1 Å². The summed E-state index contributed by atoms with van der Waals surface area (Å²) in [7, 11) is 0. The average molecular weight is 419 g/mol. The van der Waals surface area contributed by atoms with E-state index in [1.54, 1.807) is 12.1 Å². The first-order valence-electron chi connectivity index (χ1n) is 9.54. The highest BCUT2D eigenvalue weighted by Gasteiger charge is 2.38. The van der Waals surface area contributed by atoms with Crippen molar-refractivity contribution >= 4 is 34.6 Å². The molecule has 1 aliphatic rings. The van der Waals surface area contributed by atoms with Crippen molar-refractivity contribution in [1.29, 1.82) is 0 Å². The van der Waals surface area contributed by atoms with Crippen LogP contribution in [0.4, 0.5) is 23.0 Å². The lowest BCUT2D eigenvalue weighted by molar-refractivity contribution is -0.383. The molecule has 3 N–H and O–H groups in total. The summed E-state index contributed by atoms with van der Waals surface area (Å²) in [6.07, 6.45) is 2.95. The topological polar surface area (TPSA) is 105 Å². The normalized spacial score (nSPS) is 18.3. The fourth-order valence-electron chi connectivity index (χ4n) is 4.22. The number of nitrogens with zero attached hydrogens (tertiary/aromatic N) is 3. The van der Waals surface area contributed by atoms with Crippen LogP contribution in [0.5, 0.6) is 0 Å². The van der Waals surface area contributed by atoms with Crippen LogP contribution < -0.4 is 16.0 Å². The van der Waals surface area contributed by atoms with Gasteiger partial charge in [0.05, 0.1) is 4.92 Å². The van der Waals surface area contributed by atoms with Gasteiger partial charge in [0, 0.05) is 27.8 Å². The van der Waals surface area contributed by atoms with Gasteiger partial charge in [-0.1, -0.05) is 17.7 Å². The highest BCUT2D eigenvalue weighted by atomic mass is 35.5. The summed E-state index contributed by atoms with van der Waals surface area (Å²) in [4.78, 5) is 19.7. The van der Waals surface area contributed by atoms with Crippen LogP contribution >= 0.6 is 11.6 Å². The molecule has 0 spiro atoms. The number of rotatable bonds is 5. The maximum absolute atomic E-state index is 11.9. The Kier molecular flexibility index (Phi) is 5.69. The van der Waals surface area contributed by atoms with E-state index in [1.165, 1.54) is 6.33 Å². The van der Waals surface area contributed by atoms with Crippen LogP contribution in [-0.2, 0) is 0 Å². The summed E-state index contributed by atoms with van der Waals surface area (Å²) >= 11 is 6.07. The van der Waals surface area contributed by atoms with E-state index in [4.69, 9.17) is 11.6 Å². The average Bonchev–Trinajstić information content (AvgIpc) is 2.55. The zero-order chi connectivity index (χ0) is 21.4. The maximum atomic E-state index is 11.9. The molecule has 2 heterocycles. The van der Waals surface area contributed by atoms with Crippen LogP contribution in [0.25, 0.3) is 0 Å². The number of hydrogen-bond donors (Lipinski definition) is 3. The largest absolute Gasteiger partial charge is 0.361 e. The van der Waals surface area contributed by atoms with E-state index in [0.717, 1.165) is 18.4 Å². The van der Waals surface area contributed by atoms with Crippen LogP contribution in [0.3, 0.4) is 0 Å². The first-order chi connectivity index (χ1) is 13.5. The molecule has 8 nitrogen and oxygen atoms in total. The van der Waals surface area contributed by atoms with E-state index >= 15 is 0 Å². The molecule has 29 heavy (non-hydrogen) atoms. The van der Waals surface area contributed by atoms with Crippen molar-refractivity contribution in [2.45, 2.75) is 64.6 Å². The number of halogens is 1. The second-order valence-corrected chi connectivity index (χ2v) is 9.34. The van der Waals surface area contributed by atoms with Gasteiger partial charge in [-0.15, -0.1) is 0 Å². The van der Waals surface area contributed by atoms with Crippen molar-refractivity contribution in [3.8, 4) is 0 Å². The summed E-state index contributed by atoms with van der Waals surface area (Å²) < 4.78 is 0. The quantitative estimate of drug-likeness (QED) is 0.472. The molecule has 0 unspecified atom stereocenters. The number of nitro groups is 1. The molecule has 1 aromatic carbocycles. The smallest absolute Gasteiger partial charge is 0.353 e. The van der Waals surface area contributed by atoms with Crippen molar-refractivity contribution in [1.82, 2.24) is 15.3 Å². The molecular weight excluding hydrogens is 392 g/mol. The lowest BCUT2D eigenvalue weighted by Crippen LogP contribution is -2.60. The Bertz CT molecular complexity index is 915. The van der Waals surface area contributed by atoms with Crippen molar-refractivity contribution < 1.29 is 4.92 Å². The molecule has 1 saturated heterocycles. The second kappa shape index (κ2) is 7.76. The van der Waals surface area contributed by atoms with Gasteiger partial charge in [-0.05, 0) is 65.2 Å². The molecule has 0 aliphatic carbocycles. The Morgan fingerprint density at radius 1 is 1.17 bits per heavy atom. The molecule has 1 aromatic heterocycles. The highest BCUT2D eigenvalue weighted by molar-refractivity contribution is 6.30. The van der Waals surface area contributed by atoms with Gasteiger partial charge < -0.3 is 16.0 Å². The molecule has 1 aliphatic heterocycles. The molecule has 156 valence electrons. The van der Waals surface area contributed by atoms with Crippen LogP contribution in [0.15, 0.2) is 24.5 Å². The Morgan fingerprint density at radius 2 is 1.79 bits per heavy atom. The third-order valence-electron chi connectivity index (χ3n) is 4.99. The molecule has 0 saturated carbocycles. The van der Waals surface area contributed by atoms with E-state index in [-0.39, 0.29) is 34.4 Å². The lowest BCUT2D eigenvalue weighted by atomic mass is 9.79. The maximum Gasteiger partial charge on any atom is 0.353 e. The Balaban J connectivity index is 1.93. The number of piperidine rings is 1. The minimum Gasteiger partial charge on any atom is -0.361 e. The summed E-state index contributed by atoms with van der Waals surface area (Å²) in [5, 5.41) is 22.4. The van der Waals surface area contributed by atoms with Gasteiger partial charge >= 0.3 is 5.69 Å². The number of benzene rings is 1. The number of aryl methyl sites for hydroxylation is 1. The molecule has 0 atom stereocenters. The molecule has 9 heteroatoms. The molecular formula is C20H27ClN6O2. The Morgan fingerprint density at radius 3 is 2.41 bits per heavy atom. The number of anilines is 3. The molecule has 2 aromatic rings. The van der Waals surface area contributed by atoms with Gasteiger partial charge in [0.1, 0.15) is 6.33 Å². The standard InChI is InChI=1S/C20H27ClN6O2/c1-12-6-7-13(21)8-15(12)25-18-16(27(28)29)17(22-11-23-18)24-14-9-19(2,3)26-20(4,5)10-14/h6-8,11,14,26H,9-10H2,1-5H3,(H2,22,23,24,25). The van der Waals surface area contributed by atoms with Gasteiger partial charge in [0.2, 0.25) is 11.6 Å². The van der Waals surface area contributed by atoms with Gasteiger partial charge in [0.15, 0.2) is 0 Å². The van der Waals surface area contributed by atoms with Crippen molar-refractivity contribution in [2.75, 3.05) is 10.6 Å². The molecule has 1 fully saturated rings. The molecule has 0 amide bonds. The van der Waals surface area contributed by atoms with Gasteiger partial charge in [-0.25, -0.2) is 9.97 Å². The SMILES string of the molecule is Cc1ccc(Cl)cc1Nc1ncnc(NC2CC(C)(C)NC(C)(C)C2)c1[N+](=O)[O-]. The lowest BCUT2D eigenvalue weighted by Gasteiger charge is -2.46. The Hall–Kier alpha value is -2.45. The third kappa shape index (κ3) is 5.13. The molecule has 3 rings (SSSR count). The highest BCUT2D eigenvalue weighted by Crippen LogP contribution is 2.36. The summed E-state index contributed by atoms with van der Waals surface area (Å²) in [6, 6.07) is 5.36. The zero-order valence-electron chi connectivity index (χ0n) is 17.3. The minimum atomic E-state index is -0.456. The summed E-state index contributed by atoms with van der Waals surface area (Å²) in [5.74, 6) is 0.344. The first-order valence-corrected chi connectivity index (χ1v) is 9.92. The Labute approximate surface area is 175 Å². The molecule has 0 bridgehead atoms. The van der Waals surface area contributed by atoms with E-state index in [9.17, 15) is 10.1 Å².